The van der Waals surface area contributed by atoms with Crippen LogP contribution in [0.2, 0.25) is 5.02 Å². The molecular formula is C20H27ClO3. The Morgan fingerprint density at radius 2 is 1.67 bits per heavy atom. The largest absolute Gasteiger partial charge is 0.494 e. The Bertz CT molecular complexity index is 538. The molecule has 1 saturated carbocycles. The van der Waals surface area contributed by atoms with Crippen LogP contribution in [0.1, 0.15) is 51.4 Å². The minimum Gasteiger partial charge on any atom is -0.494 e. The Labute approximate surface area is 149 Å². The third-order valence-corrected chi connectivity index (χ3v) is 4.97. The van der Waals surface area contributed by atoms with Crippen molar-refractivity contribution in [1.29, 1.82) is 0 Å². The van der Waals surface area contributed by atoms with Crippen molar-refractivity contribution in [2.75, 3.05) is 6.61 Å². The Morgan fingerprint density at radius 1 is 1.04 bits per heavy atom. The fraction of sp³-hybridized carbons (Fsp3) is 0.550. The zero-order chi connectivity index (χ0) is 17.4. The summed E-state index contributed by atoms with van der Waals surface area (Å²) in [5, 5.41) is 9.53. The van der Waals surface area contributed by atoms with E-state index >= 15 is 0 Å². The van der Waals surface area contributed by atoms with Gasteiger partial charge >= 0.3 is 5.97 Å². The number of carboxylic acids is 1. The van der Waals surface area contributed by atoms with E-state index < -0.39 is 5.97 Å². The molecular weight excluding hydrogens is 324 g/mol. The van der Waals surface area contributed by atoms with E-state index in [2.05, 4.69) is 6.58 Å². The van der Waals surface area contributed by atoms with Crippen molar-refractivity contribution >= 4 is 17.6 Å². The molecule has 0 heterocycles. The zero-order valence-corrected chi connectivity index (χ0v) is 14.9. The fourth-order valence-electron chi connectivity index (χ4n) is 3.19. The van der Waals surface area contributed by atoms with Crippen LogP contribution < -0.4 is 4.74 Å². The molecule has 1 aromatic carbocycles. The van der Waals surface area contributed by atoms with Gasteiger partial charge in [-0.05, 0) is 48.9 Å². The van der Waals surface area contributed by atoms with E-state index in [-0.39, 0.29) is 12.3 Å². The normalized spacial score (nSPS) is 19.3. The average molecular weight is 351 g/mol. The minimum absolute atomic E-state index is 0.243. The Hall–Kier alpha value is -1.48. The number of unbranched alkanes of at least 4 members (excludes halogenated alkanes) is 5. The summed E-state index contributed by atoms with van der Waals surface area (Å²) in [6.45, 7) is 4.73. The summed E-state index contributed by atoms with van der Waals surface area (Å²) in [7, 11) is 0. The quantitative estimate of drug-likeness (QED) is 0.387. The van der Waals surface area contributed by atoms with Gasteiger partial charge in [-0.2, -0.15) is 0 Å². The van der Waals surface area contributed by atoms with Gasteiger partial charge in [-0.25, -0.2) is 0 Å². The second-order valence-corrected chi connectivity index (χ2v) is 7.03. The van der Waals surface area contributed by atoms with Crippen LogP contribution in [0.5, 0.6) is 5.75 Å². The lowest BCUT2D eigenvalue weighted by atomic mass is 10.1. The van der Waals surface area contributed by atoms with Gasteiger partial charge in [0.25, 0.3) is 0 Å². The summed E-state index contributed by atoms with van der Waals surface area (Å²) in [6, 6.07) is 7.47. The number of ether oxygens (including phenoxy) is 1. The molecule has 1 fully saturated rings. The van der Waals surface area contributed by atoms with Crippen LogP contribution in [0.4, 0.5) is 0 Å². The first-order valence-electron chi connectivity index (χ1n) is 8.87. The molecule has 1 aliphatic rings. The maximum Gasteiger partial charge on any atom is 0.303 e. The third-order valence-electron chi connectivity index (χ3n) is 4.72. The Kier molecular flexibility index (Phi) is 7.64. The molecule has 2 unspecified atom stereocenters. The summed E-state index contributed by atoms with van der Waals surface area (Å²) >= 11 is 5.83. The maximum atomic E-state index is 10.7. The number of rotatable bonds is 12. The van der Waals surface area contributed by atoms with Crippen molar-refractivity contribution in [2.45, 2.75) is 51.4 Å². The summed E-state index contributed by atoms with van der Waals surface area (Å²) in [6.07, 6.45) is 8.50. The van der Waals surface area contributed by atoms with Crippen molar-refractivity contribution in [3.8, 4) is 5.75 Å². The second-order valence-electron chi connectivity index (χ2n) is 6.60. The lowest BCUT2D eigenvalue weighted by Crippen LogP contribution is -1.97. The Morgan fingerprint density at radius 3 is 2.33 bits per heavy atom. The highest BCUT2D eigenvalue weighted by molar-refractivity contribution is 6.30. The summed E-state index contributed by atoms with van der Waals surface area (Å²) in [4.78, 5) is 10.7. The van der Waals surface area contributed by atoms with E-state index in [4.69, 9.17) is 21.4 Å². The lowest BCUT2D eigenvalue weighted by Gasteiger charge is -2.06. The predicted octanol–water partition coefficient (Wildman–Crippen LogP) is 5.73. The highest BCUT2D eigenvalue weighted by Crippen LogP contribution is 2.49. The van der Waals surface area contributed by atoms with Gasteiger partial charge in [-0.1, -0.05) is 55.9 Å². The Balaban J connectivity index is 1.40. The molecule has 0 aromatic heterocycles. The van der Waals surface area contributed by atoms with Gasteiger partial charge in [0.2, 0.25) is 0 Å². The molecule has 0 spiro atoms. The molecule has 0 aliphatic heterocycles. The van der Waals surface area contributed by atoms with Gasteiger partial charge in [0.15, 0.2) is 0 Å². The first-order valence-corrected chi connectivity index (χ1v) is 9.24. The van der Waals surface area contributed by atoms with E-state index in [1.165, 1.54) is 32.1 Å². The zero-order valence-electron chi connectivity index (χ0n) is 14.2. The van der Waals surface area contributed by atoms with Gasteiger partial charge in [0, 0.05) is 5.02 Å². The maximum absolute atomic E-state index is 10.7. The van der Waals surface area contributed by atoms with E-state index in [0.29, 0.717) is 5.92 Å². The fourth-order valence-corrected chi connectivity index (χ4v) is 3.31. The molecule has 1 N–H and O–H groups in total. The predicted molar refractivity (Wildman–Crippen MR) is 97.6 cm³/mol. The topological polar surface area (TPSA) is 46.5 Å². The average Bonchev–Trinajstić information content (AvgIpc) is 3.15. The number of benzene rings is 1. The first kappa shape index (κ1) is 18.9. The summed E-state index contributed by atoms with van der Waals surface area (Å²) < 4.78 is 5.67. The van der Waals surface area contributed by atoms with Crippen LogP contribution in [-0.4, -0.2) is 17.7 Å². The van der Waals surface area contributed by atoms with Crippen LogP contribution >= 0.6 is 11.6 Å². The van der Waals surface area contributed by atoms with Crippen molar-refractivity contribution in [3.05, 3.63) is 41.4 Å². The van der Waals surface area contributed by atoms with Gasteiger partial charge in [-0.15, -0.1) is 0 Å². The minimum atomic E-state index is -0.704. The summed E-state index contributed by atoms with van der Waals surface area (Å²) in [5.41, 5.74) is 1.15. The molecule has 1 aliphatic carbocycles. The SMILES string of the molecule is C=C1C(CCCCCCCCOc2ccc(Cl)cc2)C1CC(=O)O. The molecule has 132 valence electrons. The number of halogens is 1. The molecule has 2 atom stereocenters. The number of carboxylic acid groups (broad SMARTS) is 1. The van der Waals surface area contributed by atoms with Gasteiger partial charge in [-0.3, -0.25) is 4.79 Å². The highest BCUT2D eigenvalue weighted by Gasteiger charge is 2.42. The number of carbonyl (C=O) groups is 1. The van der Waals surface area contributed by atoms with E-state index in [9.17, 15) is 4.79 Å². The van der Waals surface area contributed by atoms with E-state index in [1.807, 2.05) is 24.3 Å². The number of aliphatic carboxylic acids is 1. The smallest absolute Gasteiger partial charge is 0.303 e. The number of hydrogen-bond acceptors (Lipinski definition) is 2. The van der Waals surface area contributed by atoms with E-state index in [1.54, 1.807) is 0 Å². The van der Waals surface area contributed by atoms with Crippen molar-refractivity contribution in [1.82, 2.24) is 0 Å². The number of allylic oxidation sites excluding steroid dienone is 1. The second kappa shape index (κ2) is 9.73. The molecule has 1 aromatic rings. The first-order chi connectivity index (χ1) is 11.6. The van der Waals surface area contributed by atoms with Crippen LogP contribution in [0.3, 0.4) is 0 Å². The number of hydrogen-bond donors (Lipinski definition) is 1. The van der Waals surface area contributed by atoms with E-state index in [0.717, 1.165) is 35.8 Å². The molecule has 0 bridgehead atoms. The molecule has 2 rings (SSSR count). The van der Waals surface area contributed by atoms with Crippen molar-refractivity contribution in [2.24, 2.45) is 11.8 Å². The molecule has 4 heteroatoms. The standard InChI is InChI=1S/C20H27ClO3/c1-15-18(19(15)14-20(22)23)8-6-4-2-3-5-7-13-24-17-11-9-16(21)10-12-17/h9-12,18-19H,1-8,13-14H2,(H,22,23). The molecule has 0 radical (unpaired) electrons. The van der Waals surface area contributed by atoms with Crippen LogP contribution in [-0.2, 0) is 4.79 Å². The van der Waals surface area contributed by atoms with Crippen molar-refractivity contribution < 1.29 is 14.6 Å². The highest BCUT2D eigenvalue weighted by atomic mass is 35.5. The van der Waals surface area contributed by atoms with Gasteiger partial charge in [0.05, 0.1) is 13.0 Å². The van der Waals surface area contributed by atoms with Gasteiger partial charge in [0.1, 0.15) is 5.75 Å². The molecule has 3 nitrogen and oxygen atoms in total. The third kappa shape index (κ3) is 6.56. The van der Waals surface area contributed by atoms with Crippen LogP contribution in [0.25, 0.3) is 0 Å². The van der Waals surface area contributed by atoms with Gasteiger partial charge < -0.3 is 9.84 Å². The molecule has 0 saturated heterocycles. The monoisotopic (exact) mass is 350 g/mol. The van der Waals surface area contributed by atoms with Crippen LogP contribution in [0, 0.1) is 11.8 Å². The van der Waals surface area contributed by atoms with Crippen LogP contribution in [0.15, 0.2) is 36.4 Å². The molecule has 24 heavy (non-hydrogen) atoms. The lowest BCUT2D eigenvalue weighted by molar-refractivity contribution is -0.137. The van der Waals surface area contributed by atoms with Crippen molar-refractivity contribution in [3.63, 3.8) is 0 Å². The molecule has 0 amide bonds. The summed E-state index contributed by atoms with van der Waals surface area (Å²) in [5.74, 6) is 0.880.